The predicted octanol–water partition coefficient (Wildman–Crippen LogP) is 1.32. The van der Waals surface area contributed by atoms with Crippen LogP contribution in [0.25, 0.3) is 0 Å². The average molecular weight is 320 g/mol. The van der Waals surface area contributed by atoms with Crippen molar-refractivity contribution < 1.29 is 9.59 Å². The molecule has 0 aliphatic rings. The second-order valence-electron chi connectivity index (χ2n) is 4.44. The number of carbonyl (C=O) groups excluding carboxylic acids is 2. The monoisotopic (exact) mass is 319 g/mol. The second kappa shape index (κ2) is 8.09. The van der Waals surface area contributed by atoms with Gasteiger partial charge in [0.15, 0.2) is 0 Å². The normalized spacial score (nSPS) is 12.9. The standard InChI is InChI=1S/C13H18ClN3O2.ClH/c1-13(12(16)19,17-11(18)6-3-7-15)9-4-2-5-10(14)8-9;/h2,4-5,8H,3,6-7,15H2,1H3,(H2,16,19)(H,17,18);1H. The van der Waals surface area contributed by atoms with Crippen molar-refractivity contribution in [1.29, 1.82) is 0 Å². The molecule has 2 amide bonds. The number of hydrogen-bond donors (Lipinski definition) is 3. The van der Waals surface area contributed by atoms with Gasteiger partial charge in [0.25, 0.3) is 0 Å². The lowest BCUT2D eigenvalue weighted by Gasteiger charge is -2.28. The highest BCUT2D eigenvalue weighted by molar-refractivity contribution is 6.30. The number of primary amides is 1. The van der Waals surface area contributed by atoms with E-state index in [1.807, 2.05) is 0 Å². The lowest BCUT2D eigenvalue weighted by Crippen LogP contribution is -2.52. The molecular weight excluding hydrogens is 301 g/mol. The molecule has 0 aromatic heterocycles. The van der Waals surface area contributed by atoms with Crippen molar-refractivity contribution in [3.8, 4) is 0 Å². The minimum Gasteiger partial charge on any atom is -0.367 e. The summed E-state index contributed by atoms with van der Waals surface area (Å²) in [5, 5.41) is 3.12. The maximum Gasteiger partial charge on any atom is 0.247 e. The maximum atomic E-state index is 11.8. The van der Waals surface area contributed by atoms with E-state index in [0.717, 1.165) is 0 Å². The van der Waals surface area contributed by atoms with Crippen molar-refractivity contribution in [2.75, 3.05) is 6.54 Å². The molecule has 0 aliphatic heterocycles. The Kier molecular flexibility index (Phi) is 7.57. The Balaban J connectivity index is 0.00000361. The first-order valence-electron chi connectivity index (χ1n) is 5.97. The highest BCUT2D eigenvalue weighted by atomic mass is 35.5. The molecule has 20 heavy (non-hydrogen) atoms. The third kappa shape index (κ3) is 4.67. The number of halogens is 2. The molecule has 0 aliphatic carbocycles. The third-order valence-electron chi connectivity index (χ3n) is 2.89. The van der Waals surface area contributed by atoms with Crippen LogP contribution in [0.4, 0.5) is 0 Å². The smallest absolute Gasteiger partial charge is 0.247 e. The summed E-state index contributed by atoms with van der Waals surface area (Å²) in [6.07, 6.45) is 0.802. The third-order valence-corrected chi connectivity index (χ3v) is 3.13. The number of nitrogens with one attached hydrogen (secondary N) is 1. The molecule has 7 heteroatoms. The Hall–Kier alpha value is -1.30. The maximum absolute atomic E-state index is 11.8. The van der Waals surface area contributed by atoms with E-state index in [1.54, 1.807) is 31.2 Å². The molecule has 0 saturated carbocycles. The van der Waals surface area contributed by atoms with Gasteiger partial charge in [0, 0.05) is 11.4 Å². The van der Waals surface area contributed by atoms with Gasteiger partial charge in [-0.05, 0) is 37.6 Å². The Morgan fingerprint density at radius 2 is 2.05 bits per heavy atom. The van der Waals surface area contributed by atoms with Gasteiger partial charge in [0.2, 0.25) is 11.8 Å². The number of nitrogens with two attached hydrogens (primary N) is 2. The SMILES string of the molecule is CC(NC(=O)CCCN)(C(N)=O)c1cccc(Cl)c1.Cl. The fourth-order valence-corrected chi connectivity index (χ4v) is 1.87. The summed E-state index contributed by atoms with van der Waals surface area (Å²) in [6, 6.07) is 6.68. The summed E-state index contributed by atoms with van der Waals surface area (Å²) in [5.74, 6) is -0.914. The van der Waals surface area contributed by atoms with Gasteiger partial charge in [-0.2, -0.15) is 0 Å². The van der Waals surface area contributed by atoms with Crippen LogP contribution in [0.3, 0.4) is 0 Å². The number of carbonyl (C=O) groups is 2. The molecule has 112 valence electrons. The molecule has 1 unspecified atom stereocenters. The van der Waals surface area contributed by atoms with E-state index in [-0.39, 0.29) is 24.7 Å². The van der Waals surface area contributed by atoms with Crippen molar-refractivity contribution in [1.82, 2.24) is 5.32 Å². The van der Waals surface area contributed by atoms with Crippen LogP contribution < -0.4 is 16.8 Å². The fourth-order valence-electron chi connectivity index (χ4n) is 1.68. The molecule has 0 radical (unpaired) electrons. The Labute approximate surface area is 129 Å². The van der Waals surface area contributed by atoms with E-state index in [1.165, 1.54) is 0 Å². The summed E-state index contributed by atoms with van der Waals surface area (Å²) in [7, 11) is 0. The summed E-state index contributed by atoms with van der Waals surface area (Å²) < 4.78 is 0. The van der Waals surface area contributed by atoms with Crippen LogP contribution in [0.15, 0.2) is 24.3 Å². The zero-order valence-corrected chi connectivity index (χ0v) is 12.8. The summed E-state index contributed by atoms with van der Waals surface area (Å²) in [5.41, 5.74) is 10.0. The van der Waals surface area contributed by atoms with E-state index in [0.29, 0.717) is 23.6 Å². The molecule has 1 rings (SSSR count). The van der Waals surface area contributed by atoms with Gasteiger partial charge in [-0.25, -0.2) is 0 Å². The van der Waals surface area contributed by atoms with Crippen LogP contribution in [0.2, 0.25) is 5.02 Å². The van der Waals surface area contributed by atoms with Gasteiger partial charge < -0.3 is 16.8 Å². The lowest BCUT2D eigenvalue weighted by atomic mass is 9.91. The van der Waals surface area contributed by atoms with Crippen LogP contribution in [-0.4, -0.2) is 18.4 Å². The zero-order valence-electron chi connectivity index (χ0n) is 11.2. The first-order valence-corrected chi connectivity index (χ1v) is 6.35. The van der Waals surface area contributed by atoms with Crippen LogP contribution in [-0.2, 0) is 15.1 Å². The van der Waals surface area contributed by atoms with Crippen LogP contribution in [0, 0.1) is 0 Å². The molecule has 0 fully saturated rings. The van der Waals surface area contributed by atoms with E-state index >= 15 is 0 Å². The van der Waals surface area contributed by atoms with Crippen LogP contribution in [0.5, 0.6) is 0 Å². The quantitative estimate of drug-likeness (QED) is 0.737. The largest absolute Gasteiger partial charge is 0.367 e. The van der Waals surface area contributed by atoms with Gasteiger partial charge in [0.05, 0.1) is 0 Å². The van der Waals surface area contributed by atoms with Crippen molar-refractivity contribution in [2.45, 2.75) is 25.3 Å². The van der Waals surface area contributed by atoms with Crippen LogP contribution in [0.1, 0.15) is 25.3 Å². The lowest BCUT2D eigenvalue weighted by molar-refractivity contribution is -0.131. The summed E-state index contributed by atoms with van der Waals surface area (Å²) >= 11 is 5.89. The molecule has 1 atom stereocenters. The van der Waals surface area contributed by atoms with Crippen molar-refractivity contribution in [2.24, 2.45) is 11.5 Å². The van der Waals surface area contributed by atoms with Gasteiger partial charge in [0.1, 0.15) is 5.54 Å². The highest BCUT2D eigenvalue weighted by Gasteiger charge is 2.34. The van der Waals surface area contributed by atoms with Crippen molar-refractivity contribution in [3.63, 3.8) is 0 Å². The molecule has 1 aromatic rings. The van der Waals surface area contributed by atoms with Gasteiger partial charge in [-0.3, -0.25) is 9.59 Å². The second-order valence-corrected chi connectivity index (χ2v) is 4.88. The first kappa shape index (κ1) is 18.7. The van der Waals surface area contributed by atoms with E-state index in [4.69, 9.17) is 23.1 Å². The highest BCUT2D eigenvalue weighted by Crippen LogP contribution is 2.23. The van der Waals surface area contributed by atoms with Crippen molar-refractivity contribution >= 4 is 35.8 Å². The molecule has 0 bridgehead atoms. The molecule has 1 aromatic carbocycles. The Bertz CT molecular complexity index is 482. The first-order chi connectivity index (χ1) is 8.90. The summed E-state index contributed by atoms with van der Waals surface area (Å²) in [4.78, 5) is 23.5. The fraction of sp³-hybridized carbons (Fsp3) is 0.385. The number of amides is 2. The predicted molar refractivity (Wildman–Crippen MR) is 81.7 cm³/mol. The van der Waals surface area contributed by atoms with Crippen molar-refractivity contribution in [3.05, 3.63) is 34.9 Å². The van der Waals surface area contributed by atoms with Gasteiger partial charge >= 0.3 is 0 Å². The topological polar surface area (TPSA) is 98.2 Å². The molecule has 0 saturated heterocycles. The van der Waals surface area contributed by atoms with E-state index in [2.05, 4.69) is 5.32 Å². The van der Waals surface area contributed by atoms with Gasteiger partial charge in [-0.15, -0.1) is 12.4 Å². The molecule has 0 spiro atoms. The Morgan fingerprint density at radius 1 is 1.40 bits per heavy atom. The number of rotatable bonds is 6. The van der Waals surface area contributed by atoms with Gasteiger partial charge in [-0.1, -0.05) is 23.7 Å². The average Bonchev–Trinajstić information content (AvgIpc) is 2.36. The molecule has 5 N–H and O–H groups in total. The summed E-state index contributed by atoms with van der Waals surface area (Å²) in [6.45, 7) is 1.97. The van der Waals surface area contributed by atoms with E-state index in [9.17, 15) is 9.59 Å². The number of hydrogen-bond acceptors (Lipinski definition) is 3. The minimum atomic E-state index is -1.28. The molecular formula is C13H19Cl2N3O2. The van der Waals surface area contributed by atoms with Crippen LogP contribution >= 0.6 is 24.0 Å². The molecule has 5 nitrogen and oxygen atoms in total. The zero-order chi connectivity index (χ0) is 14.5. The Morgan fingerprint density at radius 3 is 2.55 bits per heavy atom. The molecule has 0 heterocycles. The van der Waals surface area contributed by atoms with E-state index < -0.39 is 11.4 Å². The minimum absolute atomic E-state index is 0. The number of benzene rings is 1.